The number of para-hydroxylation sites is 1. The fourth-order valence-corrected chi connectivity index (χ4v) is 2.03. The molecule has 1 saturated carbocycles. The van der Waals surface area contributed by atoms with Crippen molar-refractivity contribution in [1.82, 2.24) is 4.98 Å². The third kappa shape index (κ3) is 1.06. The molecule has 72 valence electrons. The molecule has 1 N–H and O–H groups in total. The molecule has 1 aliphatic rings. The molecule has 0 aliphatic heterocycles. The fourth-order valence-electron chi connectivity index (χ4n) is 2.03. The Morgan fingerprint density at radius 3 is 3.21 bits per heavy atom. The maximum atomic E-state index is 9.01. The fraction of sp³-hybridized carbons (Fsp3) is 0.364. The van der Waals surface area contributed by atoms with Crippen molar-refractivity contribution in [1.29, 1.82) is 0 Å². The third-order valence-electron chi connectivity index (χ3n) is 2.94. The van der Waals surface area contributed by atoms with Crippen LogP contribution in [0, 0.1) is 5.92 Å². The van der Waals surface area contributed by atoms with E-state index in [0.717, 1.165) is 17.5 Å². The number of rotatable bonds is 2. The molecule has 1 aliphatic carbocycles. The van der Waals surface area contributed by atoms with Crippen molar-refractivity contribution in [3.63, 3.8) is 0 Å². The van der Waals surface area contributed by atoms with Crippen LogP contribution < -0.4 is 0 Å². The molecule has 1 fully saturated rings. The van der Waals surface area contributed by atoms with Crippen LogP contribution in [0.15, 0.2) is 29.0 Å². The normalized spacial score (nSPS) is 25.5. The molecule has 3 nitrogen and oxygen atoms in total. The summed E-state index contributed by atoms with van der Waals surface area (Å²) in [6.45, 7) is 0.273. The maximum Gasteiger partial charge on any atom is 0.181 e. The van der Waals surface area contributed by atoms with E-state index in [0.29, 0.717) is 11.8 Å². The highest BCUT2D eigenvalue weighted by Crippen LogP contribution is 2.48. The first-order chi connectivity index (χ1) is 6.90. The second-order valence-corrected chi connectivity index (χ2v) is 3.83. The largest absolute Gasteiger partial charge is 0.443 e. The van der Waals surface area contributed by atoms with E-state index in [1.807, 2.05) is 12.1 Å². The maximum absolute atomic E-state index is 9.01. The molecular formula is C11H11NO2. The van der Waals surface area contributed by atoms with Crippen molar-refractivity contribution >= 4 is 11.1 Å². The number of nitrogens with zero attached hydrogens (tertiary/aromatic N) is 1. The van der Waals surface area contributed by atoms with E-state index >= 15 is 0 Å². The summed E-state index contributed by atoms with van der Waals surface area (Å²) in [5, 5.41) is 9.01. The van der Waals surface area contributed by atoms with E-state index in [9.17, 15) is 0 Å². The molecule has 0 unspecified atom stereocenters. The lowest BCUT2D eigenvalue weighted by Crippen LogP contribution is -1.88. The van der Waals surface area contributed by atoms with Gasteiger partial charge in [0.25, 0.3) is 0 Å². The van der Waals surface area contributed by atoms with Crippen LogP contribution in [0.5, 0.6) is 0 Å². The monoisotopic (exact) mass is 189 g/mol. The summed E-state index contributed by atoms with van der Waals surface area (Å²) in [7, 11) is 0. The zero-order valence-corrected chi connectivity index (χ0v) is 7.68. The molecule has 0 bridgehead atoms. The number of aliphatic hydroxyl groups is 1. The van der Waals surface area contributed by atoms with Crippen molar-refractivity contribution in [2.75, 3.05) is 6.61 Å². The summed E-state index contributed by atoms with van der Waals surface area (Å²) in [6, 6.07) is 6.00. The van der Waals surface area contributed by atoms with Crippen LogP contribution in [0.25, 0.3) is 11.1 Å². The highest BCUT2D eigenvalue weighted by atomic mass is 16.3. The number of benzene rings is 1. The van der Waals surface area contributed by atoms with Gasteiger partial charge in [-0.15, -0.1) is 0 Å². The molecule has 2 aromatic rings. The highest BCUT2D eigenvalue weighted by molar-refractivity contribution is 5.77. The van der Waals surface area contributed by atoms with E-state index in [4.69, 9.17) is 9.52 Å². The third-order valence-corrected chi connectivity index (χ3v) is 2.94. The van der Waals surface area contributed by atoms with Crippen molar-refractivity contribution in [2.24, 2.45) is 5.92 Å². The van der Waals surface area contributed by atoms with Gasteiger partial charge in [0.2, 0.25) is 0 Å². The standard InChI is InChI=1S/C11H11NO2/c13-5-7-4-9(7)8-2-1-3-10-11(8)14-6-12-10/h1-3,6-7,9,13H,4-5H2/t7-,9+/m0/s1. The summed E-state index contributed by atoms with van der Waals surface area (Å²) in [5.74, 6) is 0.891. The van der Waals surface area contributed by atoms with E-state index < -0.39 is 0 Å². The Kier molecular flexibility index (Phi) is 1.61. The minimum absolute atomic E-state index is 0.273. The van der Waals surface area contributed by atoms with Crippen molar-refractivity contribution < 1.29 is 9.52 Å². The Hall–Kier alpha value is -1.35. The van der Waals surface area contributed by atoms with Gasteiger partial charge in [0.1, 0.15) is 5.52 Å². The predicted molar refractivity (Wildman–Crippen MR) is 51.9 cm³/mol. The first kappa shape index (κ1) is 8.00. The first-order valence-corrected chi connectivity index (χ1v) is 4.83. The minimum atomic E-state index is 0.273. The second kappa shape index (κ2) is 2.82. The van der Waals surface area contributed by atoms with Gasteiger partial charge in [-0.2, -0.15) is 0 Å². The van der Waals surface area contributed by atoms with Crippen molar-refractivity contribution in [2.45, 2.75) is 12.3 Å². The Balaban J connectivity index is 2.08. The van der Waals surface area contributed by atoms with Crippen molar-refractivity contribution in [3.8, 4) is 0 Å². The van der Waals surface area contributed by atoms with Gasteiger partial charge in [0.15, 0.2) is 12.0 Å². The van der Waals surface area contributed by atoms with Gasteiger partial charge in [0.05, 0.1) is 0 Å². The molecule has 3 rings (SSSR count). The molecule has 1 aromatic carbocycles. The zero-order valence-electron chi connectivity index (χ0n) is 7.68. The Labute approximate surface area is 81.4 Å². The quantitative estimate of drug-likeness (QED) is 0.785. The van der Waals surface area contributed by atoms with E-state index in [1.54, 1.807) is 0 Å². The van der Waals surface area contributed by atoms with Gasteiger partial charge in [0, 0.05) is 12.2 Å². The summed E-state index contributed by atoms with van der Waals surface area (Å²) >= 11 is 0. The number of hydrogen-bond acceptors (Lipinski definition) is 3. The van der Waals surface area contributed by atoms with Gasteiger partial charge < -0.3 is 9.52 Å². The van der Waals surface area contributed by atoms with Gasteiger partial charge in [-0.1, -0.05) is 12.1 Å². The Bertz CT molecular complexity index is 463. The summed E-state index contributed by atoms with van der Waals surface area (Å²) in [5.41, 5.74) is 2.98. The van der Waals surface area contributed by atoms with Crippen LogP contribution in [0.3, 0.4) is 0 Å². The average molecular weight is 189 g/mol. The zero-order chi connectivity index (χ0) is 9.54. The van der Waals surface area contributed by atoms with Crippen LogP contribution >= 0.6 is 0 Å². The highest BCUT2D eigenvalue weighted by Gasteiger charge is 2.39. The number of aromatic nitrogens is 1. The molecule has 0 saturated heterocycles. The smallest absolute Gasteiger partial charge is 0.181 e. The second-order valence-electron chi connectivity index (χ2n) is 3.83. The molecule has 1 heterocycles. The van der Waals surface area contributed by atoms with E-state index in [1.165, 1.54) is 12.0 Å². The lowest BCUT2D eigenvalue weighted by molar-refractivity contribution is 0.274. The lowest BCUT2D eigenvalue weighted by Gasteiger charge is -1.98. The van der Waals surface area contributed by atoms with Crippen LogP contribution in [-0.2, 0) is 0 Å². The van der Waals surface area contributed by atoms with Gasteiger partial charge >= 0.3 is 0 Å². The number of aliphatic hydroxyl groups excluding tert-OH is 1. The number of hydrogen-bond donors (Lipinski definition) is 1. The predicted octanol–water partition coefficient (Wildman–Crippen LogP) is 1.92. The molecule has 1 aromatic heterocycles. The van der Waals surface area contributed by atoms with Gasteiger partial charge in [-0.25, -0.2) is 4.98 Å². The molecule has 0 radical (unpaired) electrons. The Morgan fingerprint density at radius 2 is 2.43 bits per heavy atom. The van der Waals surface area contributed by atoms with Gasteiger partial charge in [-0.05, 0) is 24.3 Å². The van der Waals surface area contributed by atoms with Crippen LogP contribution in [0.4, 0.5) is 0 Å². The van der Waals surface area contributed by atoms with E-state index in [2.05, 4.69) is 11.1 Å². The first-order valence-electron chi connectivity index (χ1n) is 4.83. The topological polar surface area (TPSA) is 46.3 Å². The van der Waals surface area contributed by atoms with Gasteiger partial charge in [-0.3, -0.25) is 0 Å². The molecule has 2 atom stereocenters. The molecule has 0 spiro atoms. The van der Waals surface area contributed by atoms with Crippen LogP contribution in [-0.4, -0.2) is 16.7 Å². The minimum Gasteiger partial charge on any atom is -0.443 e. The van der Waals surface area contributed by atoms with Crippen molar-refractivity contribution in [3.05, 3.63) is 30.2 Å². The van der Waals surface area contributed by atoms with E-state index in [-0.39, 0.29) is 6.61 Å². The summed E-state index contributed by atoms with van der Waals surface area (Å²) in [6.07, 6.45) is 2.54. The SMILES string of the molecule is OC[C@@H]1C[C@H]1c1cccc2ncoc12. The van der Waals surface area contributed by atoms with Crippen LogP contribution in [0.2, 0.25) is 0 Å². The summed E-state index contributed by atoms with van der Waals surface area (Å²) < 4.78 is 5.35. The van der Waals surface area contributed by atoms with Crippen LogP contribution in [0.1, 0.15) is 17.9 Å². The average Bonchev–Trinajstić information content (AvgIpc) is 2.85. The summed E-state index contributed by atoms with van der Waals surface area (Å²) in [4.78, 5) is 4.11. The lowest BCUT2D eigenvalue weighted by atomic mass is 10.1. The Morgan fingerprint density at radius 1 is 1.50 bits per heavy atom. The molecule has 14 heavy (non-hydrogen) atoms. The number of oxazole rings is 1. The molecule has 0 amide bonds. The molecule has 3 heteroatoms. The number of fused-ring (bicyclic) bond motifs is 1. The molecular weight excluding hydrogens is 178 g/mol.